The molecule has 1 N–H and O–H groups in total. The summed E-state index contributed by atoms with van der Waals surface area (Å²) in [5.74, 6) is -0.799. The summed E-state index contributed by atoms with van der Waals surface area (Å²) in [7, 11) is -2.71. The van der Waals surface area contributed by atoms with E-state index in [4.69, 9.17) is 0 Å². The Hall–Kier alpha value is -1.91. The van der Waals surface area contributed by atoms with Crippen molar-refractivity contribution >= 4 is 27.3 Å². The highest BCUT2D eigenvalue weighted by atomic mass is 32.2. The van der Waals surface area contributed by atoms with Crippen molar-refractivity contribution in [3.05, 3.63) is 35.0 Å². The van der Waals surface area contributed by atoms with Crippen molar-refractivity contribution in [2.24, 2.45) is 0 Å². The molecule has 2 rings (SSSR count). The van der Waals surface area contributed by atoms with Gasteiger partial charge >= 0.3 is 5.97 Å². The molecule has 0 saturated heterocycles. The Morgan fingerprint density at radius 3 is 2.71 bits per heavy atom. The lowest BCUT2D eigenvalue weighted by Gasteiger charge is -2.05. The first-order valence-corrected chi connectivity index (χ1v) is 8.09. The largest absolute Gasteiger partial charge is 0.464 e. The van der Waals surface area contributed by atoms with Crippen LogP contribution < -0.4 is 4.72 Å². The normalized spacial score (nSPS) is 11.3. The molecule has 2 aromatic rings. The Bertz CT molecular complexity index is 740. The van der Waals surface area contributed by atoms with Crippen LogP contribution in [-0.4, -0.2) is 36.4 Å². The zero-order valence-corrected chi connectivity index (χ0v) is 12.9. The van der Waals surface area contributed by atoms with Crippen LogP contribution in [0.5, 0.6) is 0 Å². The van der Waals surface area contributed by atoms with Crippen LogP contribution in [0.1, 0.15) is 21.9 Å². The molecule has 2 aromatic heterocycles. The second-order valence-corrected chi connectivity index (χ2v) is 6.77. The lowest BCUT2D eigenvalue weighted by atomic mass is 10.4. The van der Waals surface area contributed by atoms with E-state index in [2.05, 4.69) is 24.4 Å². The van der Waals surface area contributed by atoms with E-state index in [9.17, 15) is 13.2 Å². The van der Waals surface area contributed by atoms with Crippen molar-refractivity contribution in [2.45, 2.75) is 17.7 Å². The summed E-state index contributed by atoms with van der Waals surface area (Å²) < 4.78 is 31.0. The van der Waals surface area contributed by atoms with Crippen LogP contribution in [0.4, 0.5) is 0 Å². The number of methoxy groups -OCH3 is 1. The van der Waals surface area contributed by atoms with Gasteiger partial charge in [0.1, 0.15) is 0 Å². The predicted molar refractivity (Wildman–Crippen MR) is 74.2 cm³/mol. The number of esters is 1. The molecular weight excluding hydrogens is 316 g/mol. The van der Waals surface area contributed by atoms with E-state index in [0.29, 0.717) is 5.69 Å². The van der Waals surface area contributed by atoms with Gasteiger partial charge in [-0.3, -0.25) is 9.97 Å². The van der Waals surface area contributed by atoms with Crippen LogP contribution >= 0.6 is 11.3 Å². The first-order chi connectivity index (χ1) is 9.94. The number of nitrogens with zero attached hydrogens (tertiary/aromatic N) is 3. The molecule has 0 aliphatic carbocycles. The van der Waals surface area contributed by atoms with Gasteiger partial charge in [-0.25, -0.2) is 22.9 Å². The maximum absolute atomic E-state index is 12.2. The molecule has 0 amide bonds. The van der Waals surface area contributed by atoms with Gasteiger partial charge in [0.25, 0.3) is 10.0 Å². The van der Waals surface area contributed by atoms with Gasteiger partial charge in [0.05, 0.1) is 36.7 Å². The predicted octanol–water partition coefficient (Wildman–Crippen LogP) is 0.507. The number of hydrogen-bond donors (Lipinski definition) is 1. The molecule has 0 atom stereocenters. The maximum atomic E-state index is 12.2. The highest BCUT2D eigenvalue weighted by Crippen LogP contribution is 2.20. The fourth-order valence-corrected chi connectivity index (χ4v) is 3.58. The minimum atomic E-state index is -3.87. The van der Waals surface area contributed by atoms with Crippen molar-refractivity contribution in [2.75, 3.05) is 7.11 Å². The molecule has 0 fully saturated rings. The van der Waals surface area contributed by atoms with E-state index in [-0.39, 0.29) is 16.4 Å². The molecule has 0 aliphatic rings. The van der Waals surface area contributed by atoms with Crippen molar-refractivity contribution in [3.8, 4) is 0 Å². The lowest BCUT2D eigenvalue weighted by molar-refractivity contribution is 0.0590. The van der Waals surface area contributed by atoms with Gasteiger partial charge in [-0.2, -0.15) is 0 Å². The van der Waals surface area contributed by atoms with E-state index in [1.54, 1.807) is 6.92 Å². The number of carbonyl (C=O) groups excluding carboxylic acids is 1. The third kappa shape index (κ3) is 3.60. The molecule has 10 heteroatoms. The number of aromatic nitrogens is 3. The van der Waals surface area contributed by atoms with Crippen LogP contribution in [0.15, 0.2) is 22.1 Å². The monoisotopic (exact) mass is 328 g/mol. The molecule has 112 valence electrons. The molecule has 0 aromatic carbocycles. The van der Waals surface area contributed by atoms with Crippen molar-refractivity contribution in [3.63, 3.8) is 0 Å². The summed E-state index contributed by atoms with van der Waals surface area (Å²) in [5, 5.41) is 0. The molecule has 2 heterocycles. The summed E-state index contributed by atoms with van der Waals surface area (Å²) in [5.41, 5.74) is 2.24. The van der Waals surface area contributed by atoms with Gasteiger partial charge < -0.3 is 4.74 Å². The van der Waals surface area contributed by atoms with Gasteiger partial charge in [0.2, 0.25) is 0 Å². The van der Waals surface area contributed by atoms with Crippen molar-refractivity contribution in [1.29, 1.82) is 0 Å². The Morgan fingerprint density at radius 2 is 2.10 bits per heavy atom. The smallest absolute Gasteiger partial charge is 0.358 e. The van der Waals surface area contributed by atoms with Gasteiger partial charge in [-0.15, -0.1) is 11.3 Å². The number of ether oxygens (including phenoxy) is 1. The third-order valence-corrected chi connectivity index (χ3v) is 5.21. The molecule has 0 saturated carbocycles. The van der Waals surface area contributed by atoms with Crippen LogP contribution in [0.25, 0.3) is 0 Å². The van der Waals surface area contributed by atoms with Gasteiger partial charge in [-0.05, 0) is 6.92 Å². The van der Waals surface area contributed by atoms with Gasteiger partial charge in [0, 0.05) is 6.20 Å². The summed E-state index contributed by atoms with van der Waals surface area (Å²) in [6, 6.07) is 0. The SMILES string of the molecule is COC(=O)c1ncsc1S(=O)(=O)NCc1cnc(C)cn1. The van der Waals surface area contributed by atoms with E-state index >= 15 is 0 Å². The molecule has 0 spiro atoms. The van der Waals surface area contributed by atoms with E-state index in [1.165, 1.54) is 17.9 Å². The second kappa shape index (κ2) is 6.24. The molecule has 8 nitrogen and oxygen atoms in total. The highest BCUT2D eigenvalue weighted by Gasteiger charge is 2.26. The minimum Gasteiger partial charge on any atom is -0.464 e. The summed E-state index contributed by atoms with van der Waals surface area (Å²) in [6.07, 6.45) is 3.02. The molecule has 0 radical (unpaired) electrons. The number of aryl methyl sites for hydroxylation is 1. The van der Waals surface area contributed by atoms with Crippen LogP contribution in [-0.2, 0) is 21.3 Å². The first-order valence-electron chi connectivity index (χ1n) is 5.73. The average Bonchev–Trinajstić information content (AvgIpc) is 2.96. The fraction of sp³-hybridized carbons (Fsp3) is 0.273. The quantitative estimate of drug-likeness (QED) is 0.796. The Kier molecular flexibility index (Phi) is 4.60. The fourth-order valence-electron chi connectivity index (χ4n) is 1.40. The van der Waals surface area contributed by atoms with Crippen LogP contribution in [0.3, 0.4) is 0 Å². The number of hydrogen-bond acceptors (Lipinski definition) is 8. The summed E-state index contributed by atoms with van der Waals surface area (Å²) in [6.45, 7) is 1.75. The molecule has 0 aliphatic heterocycles. The Morgan fingerprint density at radius 1 is 1.33 bits per heavy atom. The van der Waals surface area contributed by atoms with E-state index < -0.39 is 16.0 Å². The minimum absolute atomic E-state index is 0.0336. The zero-order valence-electron chi connectivity index (χ0n) is 11.2. The number of carbonyl (C=O) groups is 1. The summed E-state index contributed by atoms with van der Waals surface area (Å²) >= 11 is 0.839. The van der Waals surface area contributed by atoms with Crippen molar-refractivity contribution in [1.82, 2.24) is 19.7 Å². The highest BCUT2D eigenvalue weighted by molar-refractivity contribution is 7.91. The number of sulfonamides is 1. The number of thiazole rings is 1. The number of nitrogens with one attached hydrogen (secondary N) is 1. The maximum Gasteiger partial charge on any atom is 0.358 e. The van der Waals surface area contributed by atoms with Gasteiger partial charge in [-0.1, -0.05) is 0 Å². The van der Waals surface area contributed by atoms with Crippen LogP contribution in [0.2, 0.25) is 0 Å². The van der Waals surface area contributed by atoms with E-state index in [0.717, 1.165) is 24.1 Å². The Balaban J connectivity index is 2.17. The number of rotatable bonds is 5. The zero-order chi connectivity index (χ0) is 15.5. The van der Waals surface area contributed by atoms with Crippen LogP contribution in [0, 0.1) is 6.92 Å². The van der Waals surface area contributed by atoms with E-state index in [1.807, 2.05) is 0 Å². The topological polar surface area (TPSA) is 111 Å². The molecule has 0 bridgehead atoms. The molecule has 21 heavy (non-hydrogen) atoms. The molecular formula is C11H12N4O4S2. The molecule has 0 unspecified atom stereocenters. The summed E-state index contributed by atoms with van der Waals surface area (Å²) in [4.78, 5) is 23.2. The third-order valence-electron chi connectivity index (χ3n) is 2.44. The lowest BCUT2D eigenvalue weighted by Crippen LogP contribution is -2.25. The standard InChI is InChI=1S/C11H12N4O4S2/c1-7-3-13-8(4-12-7)5-15-21(17,18)11-9(10(16)19-2)14-6-20-11/h3-4,6,15H,5H2,1-2H3. The average molecular weight is 328 g/mol. The second-order valence-electron chi connectivity index (χ2n) is 3.95. The first kappa shape index (κ1) is 15.5. The van der Waals surface area contributed by atoms with Gasteiger partial charge in [0.15, 0.2) is 9.90 Å². The van der Waals surface area contributed by atoms with Crippen molar-refractivity contribution < 1.29 is 17.9 Å². The Labute approximate surface area is 125 Å².